The van der Waals surface area contributed by atoms with Gasteiger partial charge in [-0.15, -0.1) is 0 Å². The lowest BCUT2D eigenvalue weighted by Gasteiger charge is -2.37. The van der Waals surface area contributed by atoms with E-state index in [0.717, 1.165) is 17.3 Å². The summed E-state index contributed by atoms with van der Waals surface area (Å²) in [7, 11) is 0. The minimum atomic E-state index is -1.40. The van der Waals surface area contributed by atoms with E-state index in [1.165, 1.54) is 17.1 Å². The maximum atomic E-state index is 15.4. The van der Waals surface area contributed by atoms with E-state index in [0.29, 0.717) is 43.4 Å². The SMILES string of the molecule is O=C(O)c1cn(-c2cccc(Cn3cncn3)c2)c2nc(N3CCN(c4ccc(Cl)cc4)CC3)c(F)cc2c1=O. The molecule has 12 heteroatoms. The molecule has 4 heterocycles. The molecule has 0 radical (unpaired) electrons. The summed E-state index contributed by atoms with van der Waals surface area (Å²) >= 11 is 6.01. The van der Waals surface area contributed by atoms with Crippen LogP contribution in [0.5, 0.6) is 0 Å². The van der Waals surface area contributed by atoms with Crippen molar-refractivity contribution in [2.24, 2.45) is 0 Å². The summed E-state index contributed by atoms with van der Waals surface area (Å²) in [6, 6.07) is 16.0. The van der Waals surface area contributed by atoms with Gasteiger partial charge in [0.15, 0.2) is 17.3 Å². The average molecular weight is 560 g/mol. The van der Waals surface area contributed by atoms with E-state index >= 15 is 4.39 Å². The van der Waals surface area contributed by atoms with Crippen LogP contribution in [0.15, 0.2) is 78.2 Å². The molecule has 0 spiro atoms. The van der Waals surface area contributed by atoms with Crippen molar-refractivity contribution in [3.8, 4) is 5.69 Å². The van der Waals surface area contributed by atoms with Crippen LogP contribution in [0.4, 0.5) is 15.9 Å². The predicted molar refractivity (Wildman–Crippen MR) is 149 cm³/mol. The highest BCUT2D eigenvalue weighted by molar-refractivity contribution is 6.30. The van der Waals surface area contributed by atoms with E-state index in [4.69, 9.17) is 11.6 Å². The summed E-state index contributed by atoms with van der Waals surface area (Å²) in [6.07, 6.45) is 4.27. The Balaban J connectivity index is 1.39. The molecular formula is C28H23ClFN7O3. The Bertz CT molecular complexity index is 1770. The molecule has 1 aliphatic heterocycles. The van der Waals surface area contributed by atoms with Gasteiger partial charge >= 0.3 is 5.97 Å². The van der Waals surface area contributed by atoms with Crippen LogP contribution in [0, 0.1) is 5.82 Å². The molecule has 0 atom stereocenters. The van der Waals surface area contributed by atoms with Gasteiger partial charge in [0, 0.05) is 48.8 Å². The molecule has 10 nitrogen and oxygen atoms in total. The number of hydrogen-bond donors (Lipinski definition) is 1. The third-order valence-corrected chi connectivity index (χ3v) is 7.17. The van der Waals surface area contributed by atoms with Crippen molar-refractivity contribution in [3.05, 3.63) is 106 Å². The molecule has 0 unspecified atom stereocenters. The van der Waals surface area contributed by atoms with E-state index in [2.05, 4.69) is 20.0 Å². The zero-order chi connectivity index (χ0) is 27.8. The first-order chi connectivity index (χ1) is 19.4. The number of hydrogen-bond acceptors (Lipinski definition) is 7. The number of piperazine rings is 1. The van der Waals surface area contributed by atoms with Crippen molar-refractivity contribution >= 4 is 40.1 Å². The highest BCUT2D eigenvalue weighted by atomic mass is 35.5. The monoisotopic (exact) mass is 559 g/mol. The number of aromatic carboxylic acids is 1. The Hall–Kier alpha value is -4.77. The number of carboxylic acids is 1. The zero-order valence-electron chi connectivity index (χ0n) is 21.1. The van der Waals surface area contributed by atoms with E-state index < -0.39 is 22.8 Å². The second-order valence-corrected chi connectivity index (χ2v) is 9.86. The highest BCUT2D eigenvalue weighted by Gasteiger charge is 2.24. The lowest BCUT2D eigenvalue weighted by molar-refractivity contribution is 0.0695. The summed E-state index contributed by atoms with van der Waals surface area (Å²) in [6.45, 7) is 2.71. The van der Waals surface area contributed by atoms with Crippen molar-refractivity contribution < 1.29 is 14.3 Å². The predicted octanol–water partition coefficient (Wildman–Crippen LogP) is 3.84. The summed E-state index contributed by atoms with van der Waals surface area (Å²) < 4.78 is 18.6. The van der Waals surface area contributed by atoms with Crippen LogP contribution in [-0.4, -0.2) is 61.6 Å². The molecule has 1 saturated heterocycles. The molecule has 1 aliphatic rings. The fourth-order valence-electron chi connectivity index (χ4n) is 4.92. The standard InChI is InChI=1S/C28H23ClFN7O3/c29-19-4-6-20(7-5-19)34-8-10-35(11-9-34)27-24(30)13-22-25(38)23(28(39)40)15-37(26(22)33-27)21-3-1-2-18(12-21)14-36-17-31-16-32-36/h1-7,12-13,15-17H,8-11,14H2,(H,39,40). The summed E-state index contributed by atoms with van der Waals surface area (Å²) in [4.78, 5) is 37.6. The van der Waals surface area contributed by atoms with Crippen molar-refractivity contribution in [3.63, 3.8) is 0 Å². The number of halogens is 2. The highest BCUT2D eigenvalue weighted by Crippen LogP contribution is 2.26. The molecule has 1 fully saturated rings. The number of carbonyl (C=O) groups is 1. The smallest absolute Gasteiger partial charge is 0.341 e. The van der Waals surface area contributed by atoms with Gasteiger partial charge in [0.2, 0.25) is 5.43 Å². The molecule has 5 aromatic rings. The number of aromatic nitrogens is 5. The fraction of sp³-hybridized carbons (Fsp3) is 0.179. The average Bonchev–Trinajstić information content (AvgIpc) is 3.47. The van der Waals surface area contributed by atoms with E-state index in [1.807, 2.05) is 47.4 Å². The van der Waals surface area contributed by atoms with E-state index in [-0.39, 0.29) is 16.9 Å². The lowest BCUT2D eigenvalue weighted by Crippen LogP contribution is -2.47. The van der Waals surface area contributed by atoms with Gasteiger partial charge in [0.25, 0.3) is 0 Å². The van der Waals surface area contributed by atoms with Crippen LogP contribution in [0.2, 0.25) is 5.02 Å². The first-order valence-electron chi connectivity index (χ1n) is 12.5. The van der Waals surface area contributed by atoms with Crippen LogP contribution in [0.1, 0.15) is 15.9 Å². The minimum absolute atomic E-state index is 0.109. The van der Waals surface area contributed by atoms with Crippen LogP contribution in [-0.2, 0) is 6.54 Å². The third kappa shape index (κ3) is 4.87. The molecule has 202 valence electrons. The molecule has 0 amide bonds. The van der Waals surface area contributed by atoms with Gasteiger partial charge in [-0.2, -0.15) is 5.10 Å². The van der Waals surface area contributed by atoms with Gasteiger partial charge in [-0.1, -0.05) is 23.7 Å². The molecule has 40 heavy (non-hydrogen) atoms. The van der Waals surface area contributed by atoms with Crippen molar-refractivity contribution in [2.45, 2.75) is 6.54 Å². The maximum Gasteiger partial charge on any atom is 0.341 e. The van der Waals surface area contributed by atoms with Gasteiger partial charge in [0.05, 0.1) is 11.9 Å². The number of pyridine rings is 2. The van der Waals surface area contributed by atoms with Crippen LogP contribution < -0.4 is 15.2 Å². The van der Waals surface area contributed by atoms with Crippen LogP contribution in [0.3, 0.4) is 0 Å². The number of fused-ring (bicyclic) bond motifs is 1. The second-order valence-electron chi connectivity index (χ2n) is 9.43. The minimum Gasteiger partial charge on any atom is -0.477 e. The Morgan fingerprint density at radius 2 is 1.75 bits per heavy atom. The molecule has 0 bridgehead atoms. The van der Waals surface area contributed by atoms with Crippen molar-refractivity contribution in [2.75, 3.05) is 36.0 Å². The maximum absolute atomic E-state index is 15.4. The molecular weight excluding hydrogens is 537 g/mol. The Morgan fingerprint density at radius 3 is 2.45 bits per heavy atom. The third-order valence-electron chi connectivity index (χ3n) is 6.91. The van der Waals surface area contributed by atoms with Crippen LogP contribution >= 0.6 is 11.6 Å². The number of anilines is 2. The second kappa shape index (κ2) is 10.4. The quantitative estimate of drug-likeness (QED) is 0.334. The molecule has 6 rings (SSSR count). The first-order valence-corrected chi connectivity index (χ1v) is 12.9. The van der Waals surface area contributed by atoms with Crippen molar-refractivity contribution in [1.29, 1.82) is 0 Å². The van der Waals surface area contributed by atoms with Gasteiger partial charge in [-0.05, 0) is 48.0 Å². The van der Waals surface area contributed by atoms with Crippen LogP contribution in [0.25, 0.3) is 16.7 Å². The summed E-state index contributed by atoms with van der Waals surface area (Å²) in [5.41, 5.74) is 1.37. The van der Waals surface area contributed by atoms with Gasteiger partial charge in [0.1, 0.15) is 18.2 Å². The molecule has 0 saturated carbocycles. The van der Waals surface area contributed by atoms with Gasteiger partial charge in [-0.3, -0.25) is 4.79 Å². The largest absolute Gasteiger partial charge is 0.477 e. The Labute approximate surface area is 232 Å². The molecule has 2 aromatic carbocycles. The summed E-state index contributed by atoms with van der Waals surface area (Å²) in [5, 5.41) is 14.4. The number of nitrogens with zero attached hydrogens (tertiary/aromatic N) is 7. The van der Waals surface area contributed by atoms with Gasteiger partial charge < -0.3 is 19.5 Å². The van der Waals surface area contributed by atoms with E-state index in [1.54, 1.807) is 17.1 Å². The lowest BCUT2D eigenvalue weighted by atomic mass is 10.1. The molecule has 3 aromatic heterocycles. The number of benzene rings is 2. The normalized spacial score (nSPS) is 13.7. The first kappa shape index (κ1) is 25.5. The Kier molecular flexibility index (Phi) is 6.64. The fourth-order valence-corrected chi connectivity index (χ4v) is 5.05. The number of carboxylic acid groups (broad SMARTS) is 1. The van der Waals surface area contributed by atoms with Crippen molar-refractivity contribution in [1.82, 2.24) is 24.3 Å². The van der Waals surface area contributed by atoms with Gasteiger partial charge in [-0.25, -0.2) is 23.8 Å². The molecule has 1 N–H and O–H groups in total. The Morgan fingerprint density at radius 1 is 1.00 bits per heavy atom. The summed E-state index contributed by atoms with van der Waals surface area (Å²) in [5.74, 6) is -1.97. The molecule has 0 aliphatic carbocycles. The zero-order valence-corrected chi connectivity index (χ0v) is 21.9. The van der Waals surface area contributed by atoms with E-state index in [9.17, 15) is 14.7 Å². The number of rotatable bonds is 6. The topological polar surface area (TPSA) is 109 Å².